The number of rotatable bonds is 3. The van der Waals surface area contributed by atoms with Crippen LogP contribution < -0.4 is 4.90 Å². The van der Waals surface area contributed by atoms with Crippen molar-refractivity contribution in [1.82, 2.24) is 0 Å². The van der Waals surface area contributed by atoms with Crippen molar-refractivity contribution in [3.05, 3.63) is 140 Å². The average Bonchev–Trinajstić information content (AvgIpc) is 3.36. The fourth-order valence-electron chi connectivity index (χ4n) is 5.79. The van der Waals surface area contributed by atoms with Gasteiger partial charge in [-0.25, -0.2) is 0 Å². The second kappa shape index (κ2) is 8.60. The van der Waals surface area contributed by atoms with E-state index in [1.807, 2.05) is 0 Å². The van der Waals surface area contributed by atoms with Crippen molar-refractivity contribution in [2.24, 2.45) is 0 Å². The Morgan fingerprint density at radius 1 is 0.368 bits per heavy atom. The van der Waals surface area contributed by atoms with Gasteiger partial charge in [-0.1, -0.05) is 0 Å². The zero-order chi connectivity index (χ0) is 25.1. The van der Waals surface area contributed by atoms with Gasteiger partial charge >= 0.3 is 228 Å². The van der Waals surface area contributed by atoms with Crippen LogP contribution in [-0.2, 0) is 0 Å². The van der Waals surface area contributed by atoms with Crippen LogP contribution in [0.4, 0.5) is 17.1 Å². The number of nitrogens with zero attached hydrogens (tertiary/aromatic N) is 1. The van der Waals surface area contributed by atoms with Gasteiger partial charge in [-0.2, -0.15) is 0 Å². The molecule has 8 aromatic rings. The molecular formula is C36H23NSe. The fraction of sp³-hybridized carbons (Fsp3) is 0. The molecule has 0 aliphatic rings. The molecule has 0 amide bonds. The Kier molecular flexibility index (Phi) is 4.91. The Labute approximate surface area is 226 Å². The van der Waals surface area contributed by atoms with Crippen LogP contribution in [0.15, 0.2) is 140 Å². The average molecular weight is 549 g/mol. The van der Waals surface area contributed by atoms with Crippen molar-refractivity contribution in [2.45, 2.75) is 0 Å². The molecule has 0 bridgehead atoms. The fourth-order valence-corrected chi connectivity index (χ4v) is 8.45. The summed E-state index contributed by atoms with van der Waals surface area (Å²) in [4.78, 5) is 2.40. The Bertz CT molecular complexity index is 2140. The Morgan fingerprint density at radius 2 is 0.947 bits per heavy atom. The molecule has 0 radical (unpaired) electrons. The van der Waals surface area contributed by atoms with E-state index >= 15 is 0 Å². The predicted molar refractivity (Wildman–Crippen MR) is 166 cm³/mol. The molecule has 0 fully saturated rings. The van der Waals surface area contributed by atoms with Crippen molar-refractivity contribution in [1.29, 1.82) is 0 Å². The Hall–Kier alpha value is -4.36. The quantitative estimate of drug-likeness (QED) is 0.157. The first kappa shape index (κ1) is 21.7. The summed E-state index contributed by atoms with van der Waals surface area (Å²) in [5, 5.41) is 10.6. The van der Waals surface area contributed by atoms with Crippen LogP contribution in [0.25, 0.3) is 51.6 Å². The van der Waals surface area contributed by atoms with E-state index < -0.39 is 0 Å². The van der Waals surface area contributed by atoms with Gasteiger partial charge in [-0.3, -0.25) is 0 Å². The predicted octanol–water partition coefficient (Wildman–Crippen LogP) is 9.98. The van der Waals surface area contributed by atoms with E-state index in [9.17, 15) is 0 Å². The van der Waals surface area contributed by atoms with Crippen molar-refractivity contribution >= 4 is 83.2 Å². The van der Waals surface area contributed by atoms with E-state index in [2.05, 4.69) is 144 Å². The van der Waals surface area contributed by atoms with Gasteiger partial charge in [0.1, 0.15) is 0 Å². The summed E-state index contributed by atoms with van der Waals surface area (Å²) in [6, 6.07) is 51.1. The van der Waals surface area contributed by atoms with Crippen LogP contribution in [0.3, 0.4) is 0 Å². The topological polar surface area (TPSA) is 3.24 Å². The minimum atomic E-state index is 0.267. The normalized spacial score (nSPS) is 11.7. The molecule has 1 heterocycles. The van der Waals surface area contributed by atoms with Crippen molar-refractivity contribution in [3.63, 3.8) is 0 Å². The van der Waals surface area contributed by atoms with E-state index in [-0.39, 0.29) is 14.5 Å². The Morgan fingerprint density at radius 3 is 1.79 bits per heavy atom. The van der Waals surface area contributed by atoms with Gasteiger partial charge in [-0.15, -0.1) is 0 Å². The number of anilines is 3. The van der Waals surface area contributed by atoms with Crippen LogP contribution >= 0.6 is 0 Å². The summed E-state index contributed by atoms with van der Waals surface area (Å²) in [5.41, 5.74) is 3.54. The number of hydrogen-bond donors (Lipinski definition) is 0. The summed E-state index contributed by atoms with van der Waals surface area (Å²) in [6.45, 7) is 0. The first-order valence-corrected chi connectivity index (χ1v) is 14.7. The molecule has 0 unspecified atom stereocenters. The minimum absolute atomic E-state index is 0.267. The molecule has 38 heavy (non-hydrogen) atoms. The molecule has 7 aromatic carbocycles. The summed E-state index contributed by atoms with van der Waals surface area (Å²) in [7, 11) is 0. The number of fused-ring (bicyclic) bond motifs is 8. The number of benzene rings is 7. The third kappa shape index (κ3) is 3.39. The van der Waals surface area contributed by atoms with Gasteiger partial charge in [0.25, 0.3) is 0 Å². The van der Waals surface area contributed by atoms with Crippen LogP contribution in [-0.4, -0.2) is 14.5 Å². The second-order valence-corrected chi connectivity index (χ2v) is 12.0. The standard InChI is InChI=1S/C36H23NSe/c1-2-10-27(11-3-1)37(28-18-16-26-15-14-24-8-4-6-12-30(24)34(26)22-28)29-19-21-32-33-20-17-25-9-5-7-13-31(25)36(33)38-35(32)23-29/h1-23H. The molecule has 0 N–H and O–H groups in total. The monoisotopic (exact) mass is 549 g/mol. The van der Waals surface area contributed by atoms with Crippen LogP contribution in [0, 0.1) is 0 Å². The van der Waals surface area contributed by atoms with E-state index in [0.29, 0.717) is 0 Å². The second-order valence-electron chi connectivity index (χ2n) is 9.81. The first-order chi connectivity index (χ1) is 18.8. The number of hydrogen-bond acceptors (Lipinski definition) is 1. The molecule has 0 aliphatic heterocycles. The van der Waals surface area contributed by atoms with Gasteiger partial charge in [-0.05, 0) is 0 Å². The van der Waals surface area contributed by atoms with Gasteiger partial charge in [0.05, 0.1) is 0 Å². The number of para-hydroxylation sites is 1. The first-order valence-electron chi connectivity index (χ1n) is 12.9. The third-order valence-electron chi connectivity index (χ3n) is 7.61. The molecular weight excluding hydrogens is 525 g/mol. The Balaban J connectivity index is 1.36. The maximum absolute atomic E-state index is 2.42. The third-order valence-corrected chi connectivity index (χ3v) is 10.1. The molecule has 0 saturated heterocycles. The van der Waals surface area contributed by atoms with Gasteiger partial charge in [0.2, 0.25) is 0 Å². The van der Waals surface area contributed by atoms with E-state index in [0.717, 1.165) is 0 Å². The van der Waals surface area contributed by atoms with Gasteiger partial charge < -0.3 is 0 Å². The zero-order valence-corrected chi connectivity index (χ0v) is 22.3. The van der Waals surface area contributed by atoms with Gasteiger partial charge in [0.15, 0.2) is 0 Å². The molecule has 0 spiro atoms. The molecule has 2 heteroatoms. The molecule has 0 aliphatic carbocycles. The van der Waals surface area contributed by atoms with Gasteiger partial charge in [0, 0.05) is 0 Å². The molecule has 1 aromatic heterocycles. The van der Waals surface area contributed by atoms with Crippen LogP contribution in [0.1, 0.15) is 0 Å². The van der Waals surface area contributed by atoms with Crippen molar-refractivity contribution in [2.75, 3.05) is 4.90 Å². The van der Waals surface area contributed by atoms with E-state index in [1.165, 1.54) is 68.7 Å². The zero-order valence-electron chi connectivity index (χ0n) is 20.6. The SMILES string of the molecule is c1ccc(N(c2ccc3c(c2)[se]c2c4ccccc4ccc32)c2ccc3ccc4ccccc4c3c2)cc1. The van der Waals surface area contributed by atoms with E-state index in [1.54, 1.807) is 0 Å². The molecule has 1 nitrogen and oxygen atoms in total. The van der Waals surface area contributed by atoms with Crippen LogP contribution in [0.5, 0.6) is 0 Å². The summed E-state index contributed by atoms with van der Waals surface area (Å²) in [5.74, 6) is 0. The molecule has 0 saturated carbocycles. The summed E-state index contributed by atoms with van der Waals surface area (Å²) >= 11 is 0.267. The summed E-state index contributed by atoms with van der Waals surface area (Å²) < 4.78 is 2.96. The summed E-state index contributed by atoms with van der Waals surface area (Å²) in [6.07, 6.45) is 0. The van der Waals surface area contributed by atoms with Crippen molar-refractivity contribution in [3.8, 4) is 0 Å². The molecule has 0 atom stereocenters. The molecule has 8 rings (SSSR count). The van der Waals surface area contributed by atoms with Crippen molar-refractivity contribution < 1.29 is 0 Å². The molecule has 178 valence electrons. The van der Waals surface area contributed by atoms with Crippen LogP contribution in [0.2, 0.25) is 0 Å². The van der Waals surface area contributed by atoms with E-state index in [4.69, 9.17) is 0 Å². The maximum atomic E-state index is 2.42.